The van der Waals surface area contributed by atoms with Crippen molar-refractivity contribution < 1.29 is 24.2 Å². The van der Waals surface area contributed by atoms with Crippen LogP contribution in [0.1, 0.15) is 35.4 Å². The van der Waals surface area contributed by atoms with E-state index in [1.807, 2.05) is 36.4 Å². The third-order valence-electron chi connectivity index (χ3n) is 6.20. The first-order valence-electron chi connectivity index (χ1n) is 11.3. The fourth-order valence-electron chi connectivity index (χ4n) is 4.39. The Labute approximate surface area is 202 Å². The molecule has 0 aromatic heterocycles. The Hall–Kier alpha value is -3.51. The number of alkyl carbamates (subject to hydrolysis) is 1. The molecule has 34 heavy (non-hydrogen) atoms. The third-order valence-corrected chi connectivity index (χ3v) is 6.43. The second-order valence-electron chi connectivity index (χ2n) is 8.63. The molecule has 3 aromatic rings. The van der Waals surface area contributed by atoms with E-state index in [9.17, 15) is 14.7 Å². The Kier molecular flexibility index (Phi) is 6.16. The number of rotatable bonds is 8. The lowest BCUT2D eigenvalue weighted by Gasteiger charge is -2.19. The van der Waals surface area contributed by atoms with E-state index in [1.165, 1.54) is 0 Å². The van der Waals surface area contributed by atoms with Gasteiger partial charge in [-0.1, -0.05) is 60.1 Å². The lowest BCUT2D eigenvalue weighted by Crippen LogP contribution is -2.43. The van der Waals surface area contributed by atoms with E-state index in [1.54, 1.807) is 18.2 Å². The molecule has 6 nitrogen and oxygen atoms in total. The zero-order valence-electron chi connectivity index (χ0n) is 18.4. The molecule has 1 fully saturated rings. The monoisotopic (exact) mass is 477 g/mol. The summed E-state index contributed by atoms with van der Waals surface area (Å²) in [4.78, 5) is 24.5. The molecule has 174 valence electrons. The van der Waals surface area contributed by atoms with E-state index in [-0.39, 0.29) is 25.0 Å². The number of hydrogen-bond donors (Lipinski definition) is 2. The number of carboxylic acids is 1. The number of carbonyl (C=O) groups excluding carboxylic acids is 1. The average molecular weight is 478 g/mol. The molecule has 0 saturated heterocycles. The second kappa shape index (κ2) is 9.39. The molecule has 1 atom stereocenters. The van der Waals surface area contributed by atoms with E-state index in [4.69, 9.17) is 21.1 Å². The molecule has 5 rings (SSSR count). The van der Waals surface area contributed by atoms with Crippen LogP contribution in [0, 0.1) is 0 Å². The van der Waals surface area contributed by atoms with Crippen LogP contribution >= 0.6 is 11.6 Å². The Morgan fingerprint density at radius 2 is 1.65 bits per heavy atom. The predicted octanol–water partition coefficient (Wildman–Crippen LogP) is 5.42. The summed E-state index contributed by atoms with van der Waals surface area (Å²) in [7, 11) is 0. The molecule has 0 aliphatic heterocycles. The van der Waals surface area contributed by atoms with Crippen molar-refractivity contribution in [2.24, 2.45) is 0 Å². The number of carboxylic acid groups (broad SMARTS) is 1. The fraction of sp³-hybridized carbons (Fsp3) is 0.259. The van der Waals surface area contributed by atoms with Crippen molar-refractivity contribution in [3.63, 3.8) is 0 Å². The van der Waals surface area contributed by atoms with Gasteiger partial charge in [0, 0.05) is 17.4 Å². The van der Waals surface area contributed by atoms with Crippen molar-refractivity contribution in [1.29, 1.82) is 0 Å². The third kappa shape index (κ3) is 4.73. The number of aliphatic carboxylic acids is 1. The number of ether oxygens (including phenoxy) is 2. The molecule has 2 N–H and O–H groups in total. The molecular formula is C27H24ClNO5. The van der Waals surface area contributed by atoms with Gasteiger partial charge in [0.05, 0.1) is 6.10 Å². The molecule has 0 spiro atoms. The maximum atomic E-state index is 12.6. The molecule has 1 amide bonds. The average Bonchev–Trinajstić information content (AvgIpc) is 3.59. The minimum absolute atomic E-state index is 0.0299. The summed E-state index contributed by atoms with van der Waals surface area (Å²) in [6.45, 7) is 0.111. The molecular weight excluding hydrogens is 454 g/mol. The van der Waals surface area contributed by atoms with Gasteiger partial charge >= 0.3 is 12.1 Å². The van der Waals surface area contributed by atoms with Gasteiger partial charge in [0.15, 0.2) is 0 Å². The highest BCUT2D eigenvalue weighted by Gasteiger charge is 2.30. The van der Waals surface area contributed by atoms with Gasteiger partial charge in [-0.25, -0.2) is 9.59 Å². The molecule has 2 aliphatic rings. The summed E-state index contributed by atoms with van der Waals surface area (Å²) in [5, 5.41) is 12.7. The SMILES string of the molecule is O=C(N[C@@H](Cc1cc(Cl)ccc1OC1CC1)C(=O)O)OCC1c2ccccc2-c2ccccc21. The van der Waals surface area contributed by atoms with Crippen LogP contribution < -0.4 is 10.1 Å². The van der Waals surface area contributed by atoms with Crippen LogP contribution in [0.3, 0.4) is 0 Å². The number of hydrogen-bond acceptors (Lipinski definition) is 4. The predicted molar refractivity (Wildman–Crippen MR) is 128 cm³/mol. The zero-order valence-corrected chi connectivity index (χ0v) is 19.1. The minimum atomic E-state index is -1.18. The maximum Gasteiger partial charge on any atom is 0.407 e. The van der Waals surface area contributed by atoms with Crippen LogP contribution in [0.2, 0.25) is 5.02 Å². The Morgan fingerprint density at radius 1 is 1.00 bits per heavy atom. The lowest BCUT2D eigenvalue weighted by molar-refractivity contribution is -0.139. The lowest BCUT2D eigenvalue weighted by atomic mass is 9.98. The van der Waals surface area contributed by atoms with E-state index in [0.717, 1.165) is 35.1 Å². The fourth-order valence-corrected chi connectivity index (χ4v) is 4.58. The Bertz CT molecular complexity index is 1190. The first kappa shape index (κ1) is 22.3. The van der Waals surface area contributed by atoms with Crippen molar-refractivity contribution in [1.82, 2.24) is 5.32 Å². The number of nitrogens with one attached hydrogen (secondary N) is 1. The number of amides is 1. The highest BCUT2D eigenvalue weighted by molar-refractivity contribution is 6.30. The maximum absolute atomic E-state index is 12.6. The molecule has 0 radical (unpaired) electrons. The quantitative estimate of drug-likeness (QED) is 0.452. The van der Waals surface area contributed by atoms with Crippen molar-refractivity contribution in [3.8, 4) is 16.9 Å². The van der Waals surface area contributed by atoms with Crippen molar-refractivity contribution >= 4 is 23.7 Å². The normalized spacial score (nSPS) is 15.2. The van der Waals surface area contributed by atoms with Gasteiger partial charge < -0.3 is 19.9 Å². The summed E-state index contributed by atoms with van der Waals surface area (Å²) in [6.07, 6.45) is 1.35. The van der Waals surface area contributed by atoms with Crippen molar-refractivity contribution in [3.05, 3.63) is 88.4 Å². The van der Waals surface area contributed by atoms with Gasteiger partial charge in [0.1, 0.15) is 18.4 Å². The molecule has 7 heteroatoms. The zero-order chi connectivity index (χ0) is 23.7. The minimum Gasteiger partial charge on any atom is -0.490 e. The van der Waals surface area contributed by atoms with Gasteiger partial charge in [0.25, 0.3) is 0 Å². The smallest absolute Gasteiger partial charge is 0.407 e. The van der Waals surface area contributed by atoms with Gasteiger partial charge in [0.2, 0.25) is 0 Å². The van der Waals surface area contributed by atoms with Crippen molar-refractivity contribution in [2.45, 2.75) is 37.3 Å². The standard InChI is InChI=1S/C27H24ClNO5/c28-17-9-12-25(34-18-10-11-18)16(13-17)14-24(26(30)31)29-27(32)33-15-23-21-7-3-1-5-19(21)20-6-2-4-8-22(20)23/h1-9,12-13,18,23-24H,10-11,14-15H2,(H,29,32)(H,30,31)/t24-/m0/s1. The van der Waals surface area contributed by atoms with E-state index < -0.39 is 18.1 Å². The molecule has 2 aliphatic carbocycles. The first-order chi connectivity index (χ1) is 16.5. The molecule has 0 bridgehead atoms. The van der Waals surface area contributed by atoms with Crippen molar-refractivity contribution in [2.75, 3.05) is 6.61 Å². The molecule has 0 unspecified atom stereocenters. The Balaban J connectivity index is 1.27. The topological polar surface area (TPSA) is 84.9 Å². The number of fused-ring (bicyclic) bond motifs is 3. The molecule has 3 aromatic carbocycles. The summed E-state index contributed by atoms with van der Waals surface area (Å²) in [5.74, 6) is -0.675. The molecule has 0 heterocycles. The van der Waals surface area contributed by atoms with Gasteiger partial charge in [-0.05, 0) is 58.9 Å². The van der Waals surface area contributed by atoms with Gasteiger partial charge in [-0.2, -0.15) is 0 Å². The van der Waals surface area contributed by atoms with Crippen LogP contribution in [-0.4, -0.2) is 35.9 Å². The summed E-state index contributed by atoms with van der Waals surface area (Å²) >= 11 is 6.13. The van der Waals surface area contributed by atoms with Crippen LogP contribution in [0.15, 0.2) is 66.7 Å². The van der Waals surface area contributed by atoms with E-state index in [2.05, 4.69) is 17.4 Å². The van der Waals surface area contributed by atoms with Crippen LogP contribution in [0.25, 0.3) is 11.1 Å². The Morgan fingerprint density at radius 3 is 2.26 bits per heavy atom. The second-order valence-corrected chi connectivity index (χ2v) is 9.07. The van der Waals surface area contributed by atoms with Gasteiger partial charge in [-0.15, -0.1) is 0 Å². The summed E-state index contributed by atoms with van der Waals surface area (Å²) < 4.78 is 11.4. The van der Waals surface area contributed by atoms with E-state index >= 15 is 0 Å². The highest BCUT2D eigenvalue weighted by atomic mass is 35.5. The number of carbonyl (C=O) groups is 2. The highest BCUT2D eigenvalue weighted by Crippen LogP contribution is 2.44. The first-order valence-corrected chi connectivity index (χ1v) is 11.7. The summed E-state index contributed by atoms with van der Waals surface area (Å²) in [6, 6.07) is 20.0. The number of halogens is 1. The van der Waals surface area contributed by atoms with Crippen LogP contribution in [0.5, 0.6) is 5.75 Å². The van der Waals surface area contributed by atoms with Crippen LogP contribution in [0.4, 0.5) is 4.79 Å². The number of benzene rings is 3. The largest absolute Gasteiger partial charge is 0.490 e. The van der Waals surface area contributed by atoms with E-state index in [0.29, 0.717) is 16.3 Å². The molecule has 1 saturated carbocycles. The van der Waals surface area contributed by atoms with Gasteiger partial charge in [-0.3, -0.25) is 0 Å². The summed E-state index contributed by atoms with van der Waals surface area (Å²) in [5.41, 5.74) is 5.06. The van der Waals surface area contributed by atoms with Crippen LogP contribution in [-0.2, 0) is 16.0 Å².